The maximum absolute atomic E-state index is 12.8. The zero-order valence-corrected chi connectivity index (χ0v) is 18.6. The van der Waals surface area contributed by atoms with Crippen LogP contribution in [0.25, 0.3) is 0 Å². The lowest BCUT2D eigenvalue weighted by atomic mass is 10.3. The smallest absolute Gasteiger partial charge is 0.330 e. The van der Waals surface area contributed by atoms with Crippen LogP contribution in [0.1, 0.15) is 30.5 Å². The highest BCUT2D eigenvalue weighted by Gasteiger charge is 2.25. The first-order valence-electron chi connectivity index (χ1n) is 9.77. The normalized spacial score (nSPS) is 10.8. The number of carbonyl (C=O) groups excluding carboxylic acids is 2. The molecular weight excluding hydrogens is 426 g/mol. The predicted octanol–water partition coefficient (Wildman–Crippen LogP) is 0.449. The average molecular weight is 454 g/mol. The number of esters is 1. The maximum Gasteiger partial charge on any atom is 0.330 e. The Morgan fingerprint density at radius 2 is 2.10 bits per heavy atom. The lowest BCUT2D eigenvalue weighted by Crippen LogP contribution is -2.44. The number of aromatic nitrogens is 3. The van der Waals surface area contributed by atoms with Gasteiger partial charge in [0.05, 0.1) is 23.7 Å². The first kappa shape index (κ1) is 24.3. The summed E-state index contributed by atoms with van der Waals surface area (Å²) in [6.07, 6.45) is 1.40. The molecule has 3 N–H and O–H groups in total. The minimum Gasteiger partial charge on any atom is -0.455 e. The molecule has 2 heterocycles. The van der Waals surface area contributed by atoms with Crippen LogP contribution in [-0.4, -0.2) is 53.3 Å². The molecule has 0 aliphatic rings. The van der Waals surface area contributed by atoms with Gasteiger partial charge in [-0.3, -0.25) is 28.8 Å². The largest absolute Gasteiger partial charge is 0.455 e. The zero-order chi connectivity index (χ0) is 23.0. The quantitative estimate of drug-likeness (QED) is 0.466. The van der Waals surface area contributed by atoms with Gasteiger partial charge in [0, 0.05) is 25.6 Å². The van der Waals surface area contributed by atoms with Crippen molar-refractivity contribution in [3.05, 3.63) is 36.9 Å². The fraction of sp³-hybridized carbons (Fsp3) is 0.526. The number of thiazole rings is 1. The van der Waals surface area contributed by atoms with Gasteiger partial charge >= 0.3 is 11.7 Å². The zero-order valence-electron chi connectivity index (χ0n) is 17.8. The molecule has 0 aliphatic heterocycles. The van der Waals surface area contributed by atoms with Gasteiger partial charge < -0.3 is 15.2 Å². The molecule has 170 valence electrons. The number of unbranched alkanes of at least 4 members (excludes halogenated alkanes) is 1. The van der Waals surface area contributed by atoms with Crippen molar-refractivity contribution in [2.45, 2.75) is 39.7 Å². The van der Waals surface area contributed by atoms with Gasteiger partial charge in [0.2, 0.25) is 0 Å². The second-order valence-electron chi connectivity index (χ2n) is 6.73. The monoisotopic (exact) mass is 453 g/mol. The fourth-order valence-electron chi connectivity index (χ4n) is 2.83. The number of hydrogen-bond acceptors (Lipinski definition) is 9. The molecule has 2 rings (SSSR count). The summed E-state index contributed by atoms with van der Waals surface area (Å²) in [5.41, 5.74) is 5.02. The van der Waals surface area contributed by atoms with Gasteiger partial charge in [-0.1, -0.05) is 13.3 Å². The van der Waals surface area contributed by atoms with Crippen LogP contribution in [0.5, 0.6) is 0 Å². The molecule has 2 aromatic heterocycles. The molecule has 11 nitrogen and oxygen atoms in total. The van der Waals surface area contributed by atoms with Crippen LogP contribution in [-0.2, 0) is 32.0 Å². The van der Waals surface area contributed by atoms with E-state index in [1.165, 1.54) is 23.0 Å². The number of aromatic amines is 1. The van der Waals surface area contributed by atoms with Crippen LogP contribution in [0.2, 0.25) is 0 Å². The van der Waals surface area contributed by atoms with Gasteiger partial charge in [-0.2, -0.15) is 0 Å². The first-order chi connectivity index (χ1) is 14.8. The standard InChI is InChI=1S/C19H27N5O6S/c1-4-5-6-24-17(20)16(18(27)22-19(24)28)23(7-8-29-3)14(25)10-30-15(26)9-13-11-31-12(2)21-13/h11H,4-10,20H2,1-3H3,(H,22,27,28). The van der Waals surface area contributed by atoms with Crippen molar-refractivity contribution in [3.8, 4) is 0 Å². The van der Waals surface area contributed by atoms with E-state index in [-0.39, 0.29) is 31.1 Å². The Balaban J connectivity index is 2.22. The van der Waals surface area contributed by atoms with Gasteiger partial charge in [0.25, 0.3) is 11.5 Å². The number of methoxy groups -OCH3 is 1. The molecule has 31 heavy (non-hydrogen) atoms. The van der Waals surface area contributed by atoms with Gasteiger partial charge in [0.15, 0.2) is 12.3 Å². The molecule has 12 heteroatoms. The number of rotatable bonds is 11. The molecule has 1 amide bonds. The number of amides is 1. The molecule has 0 unspecified atom stereocenters. The summed E-state index contributed by atoms with van der Waals surface area (Å²) in [6, 6.07) is 0. The Labute approximate surface area is 182 Å². The highest BCUT2D eigenvalue weighted by atomic mass is 32.1. The predicted molar refractivity (Wildman–Crippen MR) is 116 cm³/mol. The van der Waals surface area contributed by atoms with Crippen molar-refractivity contribution in [2.24, 2.45) is 0 Å². The summed E-state index contributed by atoms with van der Waals surface area (Å²) in [5, 5.41) is 2.56. The number of aryl methyl sites for hydroxylation is 1. The number of H-pyrrole nitrogens is 1. The van der Waals surface area contributed by atoms with Crippen molar-refractivity contribution >= 4 is 34.7 Å². The number of ether oxygens (including phenoxy) is 2. The van der Waals surface area contributed by atoms with Gasteiger partial charge in [0.1, 0.15) is 5.82 Å². The topological polar surface area (TPSA) is 150 Å². The van der Waals surface area contributed by atoms with E-state index in [4.69, 9.17) is 15.2 Å². The van der Waals surface area contributed by atoms with Crippen LogP contribution >= 0.6 is 11.3 Å². The number of carbonyl (C=O) groups is 2. The summed E-state index contributed by atoms with van der Waals surface area (Å²) in [6.45, 7) is 3.54. The van der Waals surface area contributed by atoms with Crippen LogP contribution in [0.15, 0.2) is 15.0 Å². The number of nitrogen functional groups attached to an aromatic ring is 1. The van der Waals surface area contributed by atoms with Crippen molar-refractivity contribution in [1.82, 2.24) is 14.5 Å². The van der Waals surface area contributed by atoms with Crippen molar-refractivity contribution < 1.29 is 19.1 Å². The Kier molecular flexibility index (Phi) is 8.94. The van der Waals surface area contributed by atoms with Crippen LogP contribution < -0.4 is 21.9 Å². The summed E-state index contributed by atoms with van der Waals surface area (Å²) in [5.74, 6) is -1.42. The summed E-state index contributed by atoms with van der Waals surface area (Å²) >= 11 is 1.41. The minimum absolute atomic E-state index is 0.0164. The molecule has 0 saturated heterocycles. The summed E-state index contributed by atoms with van der Waals surface area (Å²) in [7, 11) is 1.44. The molecule has 0 spiro atoms. The van der Waals surface area contributed by atoms with Crippen molar-refractivity contribution in [3.63, 3.8) is 0 Å². The Morgan fingerprint density at radius 1 is 1.35 bits per heavy atom. The Bertz CT molecular complexity index is 1030. The van der Waals surface area contributed by atoms with Gasteiger partial charge in [-0.05, 0) is 13.3 Å². The van der Waals surface area contributed by atoms with E-state index in [0.717, 1.165) is 16.3 Å². The van der Waals surface area contributed by atoms with E-state index in [2.05, 4.69) is 9.97 Å². The molecule has 0 bridgehead atoms. The van der Waals surface area contributed by atoms with Crippen LogP contribution in [0.4, 0.5) is 11.5 Å². The molecule has 0 saturated carbocycles. The first-order valence-corrected chi connectivity index (χ1v) is 10.6. The lowest BCUT2D eigenvalue weighted by Gasteiger charge is -2.24. The van der Waals surface area contributed by atoms with Crippen molar-refractivity contribution in [2.75, 3.05) is 37.5 Å². The molecular formula is C19H27N5O6S. The third-order valence-corrected chi connectivity index (χ3v) is 5.21. The third kappa shape index (κ3) is 6.49. The van der Waals surface area contributed by atoms with E-state index in [0.29, 0.717) is 18.7 Å². The highest BCUT2D eigenvalue weighted by Crippen LogP contribution is 2.17. The summed E-state index contributed by atoms with van der Waals surface area (Å²) < 4.78 is 11.3. The average Bonchev–Trinajstić information content (AvgIpc) is 3.12. The number of hydrogen-bond donors (Lipinski definition) is 2. The second kappa shape index (κ2) is 11.4. The molecule has 0 fully saturated rings. The SMILES string of the molecule is CCCCn1c(N)c(N(CCOC)C(=O)COC(=O)Cc2csc(C)n2)c(=O)[nH]c1=O. The fourth-order valence-corrected chi connectivity index (χ4v) is 3.44. The minimum atomic E-state index is -0.802. The molecule has 0 aromatic carbocycles. The van der Waals surface area contributed by atoms with Crippen LogP contribution in [0, 0.1) is 6.92 Å². The molecule has 2 aromatic rings. The van der Waals surface area contributed by atoms with E-state index >= 15 is 0 Å². The maximum atomic E-state index is 12.8. The Hall–Kier alpha value is -2.99. The van der Waals surface area contributed by atoms with E-state index in [1.807, 2.05) is 13.8 Å². The van der Waals surface area contributed by atoms with Gasteiger partial charge in [-0.15, -0.1) is 11.3 Å². The molecule has 0 radical (unpaired) electrons. The Morgan fingerprint density at radius 3 is 2.71 bits per heavy atom. The third-order valence-electron chi connectivity index (χ3n) is 4.39. The van der Waals surface area contributed by atoms with E-state index in [1.54, 1.807) is 5.38 Å². The van der Waals surface area contributed by atoms with E-state index < -0.39 is 29.7 Å². The number of anilines is 2. The second-order valence-corrected chi connectivity index (χ2v) is 7.79. The number of nitrogens with one attached hydrogen (secondary N) is 1. The number of nitrogens with zero attached hydrogens (tertiary/aromatic N) is 3. The van der Waals surface area contributed by atoms with E-state index in [9.17, 15) is 19.2 Å². The molecule has 0 aliphatic carbocycles. The van der Waals surface area contributed by atoms with Gasteiger partial charge in [-0.25, -0.2) is 9.78 Å². The lowest BCUT2D eigenvalue weighted by molar-refractivity contribution is -0.147. The van der Waals surface area contributed by atoms with Crippen molar-refractivity contribution in [1.29, 1.82) is 0 Å². The molecule has 0 atom stereocenters. The summed E-state index contributed by atoms with van der Waals surface area (Å²) in [4.78, 5) is 56.9. The highest BCUT2D eigenvalue weighted by molar-refractivity contribution is 7.09. The number of nitrogens with two attached hydrogens (primary N) is 1. The van der Waals surface area contributed by atoms with Crippen LogP contribution in [0.3, 0.4) is 0 Å².